The number of ether oxygens (including phenoxy) is 2. The largest absolute Gasteiger partial charge is 1.00 e. The van der Waals surface area contributed by atoms with Gasteiger partial charge in [-0.15, -0.1) is 0 Å². The van der Waals surface area contributed by atoms with Gasteiger partial charge < -0.3 is 34.3 Å². The first-order valence-corrected chi connectivity index (χ1v) is 3.52. The molecule has 0 amide bonds. The van der Waals surface area contributed by atoms with Crippen LogP contribution in [0.2, 0.25) is 0 Å². The Hall–Kier alpha value is 1.62. The zero-order chi connectivity index (χ0) is 7.24. The van der Waals surface area contributed by atoms with Crippen LogP contribution in [0, 0.1) is 53.2 Å². The fourth-order valence-corrected chi connectivity index (χ4v) is 0.914. The van der Waals surface area contributed by atoms with Gasteiger partial charge in [-0.3, -0.25) is 0 Å². The number of hydrogen-bond donors (Lipinski definition) is 0. The quantitative estimate of drug-likeness (QED) is 0.436. The molecule has 1 radical (unpaired) electrons. The summed E-state index contributed by atoms with van der Waals surface area (Å²) in [6, 6.07) is 0. The van der Waals surface area contributed by atoms with E-state index < -0.39 is 5.79 Å². The molecule has 1 aliphatic heterocycles. The van der Waals surface area contributed by atoms with Crippen molar-refractivity contribution >= 4 is 0 Å². The minimum absolute atomic E-state index is 0. The first-order chi connectivity index (χ1) is 4.62. The molecule has 0 aromatic carbocycles. The Labute approximate surface area is 125 Å². The molecule has 0 unspecified atom stereocenters. The van der Waals surface area contributed by atoms with Gasteiger partial charge >= 0.3 is 0 Å². The van der Waals surface area contributed by atoms with Crippen LogP contribution >= 0.6 is 0 Å². The normalized spacial score (nSPS) is 25.1. The summed E-state index contributed by atoms with van der Waals surface area (Å²) in [5.41, 5.74) is 0.170. The summed E-state index contributed by atoms with van der Waals surface area (Å²) in [7, 11) is 0. The maximum Gasteiger partial charge on any atom is 0.216 e. The molecule has 1 aliphatic carbocycles. The summed E-state index contributed by atoms with van der Waals surface area (Å²) in [6.07, 6.45) is 4.74. The molecule has 75 valence electrons. The predicted octanol–water partition coefficient (Wildman–Crippen LogP) is -4.86. The molecule has 2 nitrogen and oxygen atoms in total. The van der Waals surface area contributed by atoms with Crippen LogP contribution in [-0.2, 0) is 9.47 Å². The van der Waals surface area contributed by atoms with E-state index in [0.717, 1.165) is 13.2 Å². The molecule has 1 spiro atoms. The van der Waals surface area contributed by atoms with Crippen LogP contribution in [0.25, 0.3) is 0 Å². The van der Waals surface area contributed by atoms with Crippen LogP contribution in [0.4, 0.5) is 0 Å². The van der Waals surface area contributed by atoms with Gasteiger partial charge in [-0.25, -0.2) is 0 Å². The molecule has 0 N–H and O–H groups in total. The second kappa shape index (κ2) is 5.63. The van der Waals surface area contributed by atoms with Gasteiger partial charge in [0.25, 0.3) is 0 Å². The van der Waals surface area contributed by atoms with E-state index in [2.05, 4.69) is 19.9 Å². The summed E-state index contributed by atoms with van der Waals surface area (Å²) in [6.45, 7) is 5.78. The fourth-order valence-electron chi connectivity index (χ4n) is 0.914. The van der Waals surface area contributed by atoms with E-state index in [0.29, 0.717) is 0 Å². The molecule has 0 bridgehead atoms. The molecule has 1 saturated heterocycles. The van der Waals surface area contributed by atoms with E-state index in [9.17, 15) is 0 Å². The minimum atomic E-state index is -0.491. The Kier molecular flexibility index (Phi) is 7.38. The Morgan fingerprint density at radius 2 is 1.54 bits per heavy atom. The van der Waals surface area contributed by atoms with Crippen molar-refractivity contribution in [3.8, 4) is 0 Å². The van der Waals surface area contributed by atoms with Crippen LogP contribution in [-0.4, -0.2) is 19.0 Å². The van der Waals surface area contributed by atoms with Crippen LogP contribution in [0.3, 0.4) is 0 Å². The van der Waals surface area contributed by atoms with Crippen LogP contribution in [0.5, 0.6) is 0 Å². The van der Waals surface area contributed by atoms with Crippen molar-refractivity contribution in [3.05, 3.63) is 12.2 Å². The van der Waals surface area contributed by atoms with Crippen LogP contribution < -0.4 is 24.8 Å². The maximum absolute atomic E-state index is 5.40. The SMILES string of the molecule is CC1(C)COC2([C]=C2)OC1.[Ce].[Cl-].[Cl-]. The van der Waals surface area contributed by atoms with Crippen molar-refractivity contribution < 1.29 is 76.0 Å². The summed E-state index contributed by atoms with van der Waals surface area (Å²) < 4.78 is 10.8. The average Bonchev–Trinajstić information content (AvgIpc) is 2.60. The van der Waals surface area contributed by atoms with Crippen molar-refractivity contribution in [2.45, 2.75) is 19.6 Å². The van der Waals surface area contributed by atoms with Crippen molar-refractivity contribution in [3.63, 3.8) is 0 Å². The third-order valence-corrected chi connectivity index (χ3v) is 1.73. The van der Waals surface area contributed by atoms with E-state index >= 15 is 0 Å². The molecular weight excluding hydrogens is 339 g/mol. The van der Waals surface area contributed by atoms with Gasteiger partial charge in [-0.05, 0) is 6.08 Å². The van der Waals surface area contributed by atoms with Crippen molar-refractivity contribution in [1.29, 1.82) is 0 Å². The zero-order valence-corrected chi connectivity index (χ0v) is 12.2. The van der Waals surface area contributed by atoms with Gasteiger partial charge in [-0.2, -0.15) is 0 Å². The van der Waals surface area contributed by atoms with E-state index in [-0.39, 0.29) is 72.0 Å². The molecule has 5 heteroatoms. The van der Waals surface area contributed by atoms with E-state index in [4.69, 9.17) is 9.47 Å². The first kappa shape index (κ1) is 17.0. The summed E-state index contributed by atoms with van der Waals surface area (Å²) in [5.74, 6) is -0.491. The van der Waals surface area contributed by atoms with Gasteiger partial charge in [0, 0.05) is 53.2 Å². The van der Waals surface area contributed by atoms with Gasteiger partial charge in [0.1, 0.15) is 0 Å². The average molecular weight is 350 g/mol. The Morgan fingerprint density at radius 1 is 1.15 bits per heavy atom. The van der Waals surface area contributed by atoms with Crippen molar-refractivity contribution in [2.75, 3.05) is 13.2 Å². The van der Waals surface area contributed by atoms with Gasteiger partial charge in [0.2, 0.25) is 5.79 Å². The topological polar surface area (TPSA) is 18.5 Å². The van der Waals surface area contributed by atoms with Crippen molar-refractivity contribution in [1.82, 2.24) is 0 Å². The van der Waals surface area contributed by atoms with Crippen LogP contribution in [0.1, 0.15) is 13.8 Å². The zero-order valence-electron chi connectivity index (χ0n) is 7.56. The molecule has 2 rings (SSSR count). The molecule has 0 aromatic rings. The monoisotopic (exact) mass is 349 g/mol. The Bertz CT molecular complexity index is 171. The summed E-state index contributed by atoms with van der Waals surface area (Å²) in [4.78, 5) is 0. The predicted molar refractivity (Wildman–Crippen MR) is 36.2 cm³/mol. The number of hydrogen-bond acceptors (Lipinski definition) is 2. The number of rotatable bonds is 0. The second-order valence-electron chi connectivity index (χ2n) is 3.70. The van der Waals surface area contributed by atoms with E-state index in [1.165, 1.54) is 0 Å². The first-order valence-electron chi connectivity index (χ1n) is 3.52. The van der Waals surface area contributed by atoms with Gasteiger partial charge in [-0.1, -0.05) is 13.8 Å². The second-order valence-corrected chi connectivity index (χ2v) is 3.70. The summed E-state index contributed by atoms with van der Waals surface area (Å²) >= 11 is 0. The molecule has 13 heavy (non-hydrogen) atoms. The standard InChI is InChI=1S/C8H11O2.Ce.2ClH/c1-7(2)5-9-8(3-4-8)10-6-7;;;/h3H,5-6H2,1-2H3;;2*1H/p-2. The molecule has 0 atom stereocenters. The van der Waals surface area contributed by atoms with E-state index in [1.807, 2.05) is 6.08 Å². The Morgan fingerprint density at radius 3 is 1.85 bits per heavy atom. The fraction of sp³-hybridized carbons (Fsp3) is 0.750. The minimum Gasteiger partial charge on any atom is -1.00 e. The van der Waals surface area contributed by atoms with E-state index in [1.54, 1.807) is 0 Å². The Balaban J connectivity index is 0. The molecule has 1 fully saturated rings. The van der Waals surface area contributed by atoms with Crippen LogP contribution in [0.15, 0.2) is 6.08 Å². The third kappa shape index (κ3) is 4.32. The smallest absolute Gasteiger partial charge is 0.216 e. The summed E-state index contributed by atoms with van der Waals surface area (Å²) in [5, 5.41) is 0. The van der Waals surface area contributed by atoms with Crippen molar-refractivity contribution in [2.24, 2.45) is 5.41 Å². The molecular formula is C8H11CeCl2O2-2. The third-order valence-electron chi connectivity index (χ3n) is 1.73. The molecule has 1 heterocycles. The molecule has 0 aromatic heterocycles. The van der Waals surface area contributed by atoms with Gasteiger partial charge in [0.15, 0.2) is 0 Å². The maximum atomic E-state index is 5.40. The molecule has 2 aliphatic rings. The van der Waals surface area contributed by atoms with Gasteiger partial charge in [0.05, 0.1) is 13.2 Å². The number of halogens is 2. The molecule has 0 saturated carbocycles.